The van der Waals surface area contributed by atoms with Crippen LogP contribution < -0.4 is 11.1 Å². The molecule has 1 aliphatic rings. The predicted octanol–water partition coefficient (Wildman–Crippen LogP) is 1.39. The van der Waals surface area contributed by atoms with Gasteiger partial charge in [0.2, 0.25) is 5.91 Å². The fourth-order valence-corrected chi connectivity index (χ4v) is 2.28. The Morgan fingerprint density at radius 2 is 1.95 bits per heavy atom. The van der Waals surface area contributed by atoms with E-state index in [2.05, 4.69) is 5.32 Å². The molecule has 0 spiro atoms. The summed E-state index contributed by atoms with van der Waals surface area (Å²) in [7, 11) is 0. The highest BCUT2D eigenvalue weighted by Gasteiger charge is 2.16. The number of carboxylic acids is 1. The molecule has 0 unspecified atom stereocenters. The molecule has 0 radical (unpaired) electrons. The first-order valence-electron chi connectivity index (χ1n) is 6.72. The van der Waals surface area contributed by atoms with Crippen LogP contribution in [0.1, 0.15) is 29.6 Å². The molecular formula is C14H19N3O3. The van der Waals surface area contributed by atoms with Crippen LogP contribution in [0.4, 0.5) is 11.4 Å². The zero-order valence-corrected chi connectivity index (χ0v) is 11.3. The highest BCUT2D eigenvalue weighted by Crippen LogP contribution is 2.20. The predicted molar refractivity (Wildman–Crippen MR) is 76.7 cm³/mol. The average Bonchev–Trinajstić information content (AvgIpc) is 2.46. The number of carboxylic acid groups (broad SMARTS) is 1. The molecule has 0 saturated carbocycles. The third kappa shape index (κ3) is 3.40. The minimum atomic E-state index is -1.02. The maximum atomic E-state index is 12.0. The molecule has 0 bridgehead atoms. The van der Waals surface area contributed by atoms with Crippen LogP contribution in [-0.4, -0.2) is 41.5 Å². The van der Waals surface area contributed by atoms with Crippen LogP contribution in [0.3, 0.4) is 0 Å². The maximum absolute atomic E-state index is 12.0. The van der Waals surface area contributed by atoms with Gasteiger partial charge in [-0.05, 0) is 37.5 Å². The van der Waals surface area contributed by atoms with Crippen LogP contribution in [0.2, 0.25) is 0 Å². The summed E-state index contributed by atoms with van der Waals surface area (Å²) in [6.45, 7) is 1.80. The second-order valence-electron chi connectivity index (χ2n) is 4.90. The number of carbonyl (C=O) groups excluding carboxylic acids is 1. The number of nitrogens with two attached hydrogens (primary N) is 1. The van der Waals surface area contributed by atoms with E-state index in [0.717, 1.165) is 25.9 Å². The van der Waals surface area contributed by atoms with Crippen molar-refractivity contribution >= 4 is 23.3 Å². The van der Waals surface area contributed by atoms with Crippen molar-refractivity contribution in [2.75, 3.05) is 30.7 Å². The number of amides is 1. The highest BCUT2D eigenvalue weighted by atomic mass is 16.4. The Balaban J connectivity index is 1.93. The summed E-state index contributed by atoms with van der Waals surface area (Å²) >= 11 is 0. The third-order valence-corrected chi connectivity index (χ3v) is 3.44. The SMILES string of the molecule is Nc1cc(C(=O)O)ccc1NCC(=O)N1CCCCC1. The quantitative estimate of drug-likeness (QED) is 0.723. The number of nitrogens with one attached hydrogen (secondary N) is 1. The molecule has 1 amide bonds. The Morgan fingerprint density at radius 1 is 1.25 bits per heavy atom. The maximum Gasteiger partial charge on any atom is 0.335 e. The summed E-state index contributed by atoms with van der Waals surface area (Å²) in [5, 5.41) is 11.8. The van der Waals surface area contributed by atoms with Crippen LogP contribution >= 0.6 is 0 Å². The van der Waals surface area contributed by atoms with E-state index in [-0.39, 0.29) is 18.0 Å². The van der Waals surface area contributed by atoms with Gasteiger partial charge in [-0.3, -0.25) is 4.79 Å². The molecular weight excluding hydrogens is 258 g/mol. The van der Waals surface area contributed by atoms with Crippen molar-refractivity contribution in [1.82, 2.24) is 4.90 Å². The van der Waals surface area contributed by atoms with Crippen molar-refractivity contribution in [2.24, 2.45) is 0 Å². The number of rotatable bonds is 4. The number of nitrogens with zero attached hydrogens (tertiary/aromatic N) is 1. The summed E-state index contributed by atoms with van der Waals surface area (Å²) in [6, 6.07) is 4.44. The number of benzene rings is 1. The molecule has 0 aliphatic carbocycles. The van der Waals surface area contributed by atoms with Crippen molar-refractivity contribution in [3.8, 4) is 0 Å². The molecule has 1 aliphatic heterocycles. The minimum absolute atomic E-state index is 0.0476. The van der Waals surface area contributed by atoms with Crippen LogP contribution in [0.25, 0.3) is 0 Å². The number of carbonyl (C=O) groups is 2. The number of hydrogen-bond acceptors (Lipinski definition) is 4. The Bertz CT molecular complexity index is 510. The van der Waals surface area contributed by atoms with Gasteiger partial charge in [0.1, 0.15) is 0 Å². The second kappa shape index (κ2) is 6.27. The average molecular weight is 277 g/mol. The fraction of sp³-hybridized carbons (Fsp3) is 0.429. The first kappa shape index (κ1) is 14.2. The molecule has 6 nitrogen and oxygen atoms in total. The topological polar surface area (TPSA) is 95.7 Å². The zero-order valence-electron chi connectivity index (χ0n) is 11.3. The largest absolute Gasteiger partial charge is 0.478 e. The Kier molecular flexibility index (Phi) is 4.45. The molecule has 0 atom stereocenters. The summed E-state index contributed by atoms with van der Waals surface area (Å²) in [6.07, 6.45) is 3.29. The Morgan fingerprint density at radius 3 is 2.55 bits per heavy atom. The molecule has 0 aromatic heterocycles. The van der Waals surface area contributed by atoms with E-state index in [1.54, 1.807) is 6.07 Å². The fourth-order valence-electron chi connectivity index (χ4n) is 2.28. The van der Waals surface area contributed by atoms with E-state index in [1.807, 2.05) is 4.90 Å². The van der Waals surface area contributed by atoms with E-state index in [0.29, 0.717) is 11.4 Å². The van der Waals surface area contributed by atoms with Crippen LogP contribution in [0.15, 0.2) is 18.2 Å². The summed E-state index contributed by atoms with van der Waals surface area (Å²) in [5.41, 5.74) is 6.82. The van der Waals surface area contributed by atoms with Crippen LogP contribution in [-0.2, 0) is 4.79 Å². The van der Waals surface area contributed by atoms with Crippen molar-refractivity contribution in [3.05, 3.63) is 23.8 Å². The van der Waals surface area contributed by atoms with Gasteiger partial charge in [-0.15, -0.1) is 0 Å². The van der Waals surface area contributed by atoms with Gasteiger partial charge in [-0.2, -0.15) is 0 Å². The van der Waals surface area contributed by atoms with Crippen molar-refractivity contribution in [1.29, 1.82) is 0 Å². The minimum Gasteiger partial charge on any atom is -0.478 e. The Hall–Kier alpha value is -2.24. The number of anilines is 2. The van der Waals surface area contributed by atoms with Gasteiger partial charge in [0.05, 0.1) is 23.5 Å². The standard InChI is InChI=1S/C14H19N3O3/c15-11-8-10(14(19)20)4-5-12(11)16-9-13(18)17-6-2-1-3-7-17/h4-5,8,16H,1-3,6-7,9,15H2,(H,19,20). The second-order valence-corrected chi connectivity index (χ2v) is 4.90. The van der Waals surface area contributed by atoms with E-state index >= 15 is 0 Å². The number of piperidine rings is 1. The van der Waals surface area contributed by atoms with Crippen LogP contribution in [0.5, 0.6) is 0 Å². The molecule has 1 aromatic carbocycles. The van der Waals surface area contributed by atoms with E-state index < -0.39 is 5.97 Å². The number of likely N-dealkylation sites (tertiary alicyclic amines) is 1. The number of nitrogen functional groups attached to an aromatic ring is 1. The van der Waals surface area contributed by atoms with Gasteiger partial charge < -0.3 is 21.1 Å². The van der Waals surface area contributed by atoms with E-state index in [9.17, 15) is 9.59 Å². The Labute approximate surface area is 117 Å². The lowest BCUT2D eigenvalue weighted by atomic mass is 10.1. The lowest BCUT2D eigenvalue weighted by Gasteiger charge is -2.27. The van der Waals surface area contributed by atoms with Gasteiger partial charge in [-0.1, -0.05) is 0 Å². The molecule has 1 heterocycles. The molecule has 1 fully saturated rings. The number of hydrogen-bond donors (Lipinski definition) is 3. The van der Waals surface area contributed by atoms with Gasteiger partial charge in [-0.25, -0.2) is 4.79 Å². The zero-order chi connectivity index (χ0) is 14.5. The molecule has 6 heteroatoms. The summed E-state index contributed by atoms with van der Waals surface area (Å²) in [5.74, 6) is -0.973. The highest BCUT2D eigenvalue weighted by molar-refractivity contribution is 5.91. The summed E-state index contributed by atoms with van der Waals surface area (Å²) in [4.78, 5) is 24.6. The first-order chi connectivity index (χ1) is 9.58. The molecule has 108 valence electrons. The first-order valence-corrected chi connectivity index (χ1v) is 6.72. The lowest BCUT2D eigenvalue weighted by Crippen LogP contribution is -2.39. The van der Waals surface area contributed by atoms with Gasteiger partial charge in [0.25, 0.3) is 0 Å². The normalized spacial score (nSPS) is 14.9. The van der Waals surface area contributed by atoms with E-state index in [4.69, 9.17) is 10.8 Å². The molecule has 4 N–H and O–H groups in total. The van der Waals surface area contributed by atoms with Crippen molar-refractivity contribution < 1.29 is 14.7 Å². The smallest absolute Gasteiger partial charge is 0.335 e. The number of aromatic carboxylic acids is 1. The monoisotopic (exact) mass is 277 g/mol. The third-order valence-electron chi connectivity index (χ3n) is 3.44. The molecule has 1 saturated heterocycles. The van der Waals surface area contributed by atoms with Gasteiger partial charge in [0.15, 0.2) is 0 Å². The lowest BCUT2D eigenvalue weighted by molar-refractivity contribution is -0.130. The summed E-state index contributed by atoms with van der Waals surface area (Å²) < 4.78 is 0. The van der Waals surface area contributed by atoms with E-state index in [1.165, 1.54) is 18.6 Å². The van der Waals surface area contributed by atoms with Gasteiger partial charge in [0, 0.05) is 13.1 Å². The van der Waals surface area contributed by atoms with Crippen LogP contribution in [0, 0.1) is 0 Å². The molecule has 20 heavy (non-hydrogen) atoms. The van der Waals surface area contributed by atoms with Crippen molar-refractivity contribution in [3.63, 3.8) is 0 Å². The molecule has 2 rings (SSSR count). The van der Waals surface area contributed by atoms with Gasteiger partial charge >= 0.3 is 5.97 Å². The van der Waals surface area contributed by atoms with Crippen molar-refractivity contribution in [2.45, 2.75) is 19.3 Å². The molecule has 1 aromatic rings.